The lowest BCUT2D eigenvalue weighted by atomic mass is 10.2. The van der Waals surface area contributed by atoms with Crippen molar-refractivity contribution in [1.82, 2.24) is 19.9 Å². The minimum atomic E-state index is -0.525. The number of carbonyl (C=O) groups excluding carboxylic acids is 1. The molecule has 0 aliphatic heterocycles. The van der Waals surface area contributed by atoms with Crippen LogP contribution in [0.2, 0.25) is 0 Å². The average Bonchev–Trinajstić information content (AvgIpc) is 2.76. The summed E-state index contributed by atoms with van der Waals surface area (Å²) in [5.74, 6) is -0.0453. The second-order valence-corrected chi connectivity index (χ2v) is 5.95. The Morgan fingerprint density at radius 3 is 2.20 bits per heavy atom. The molecule has 4 aromatic rings. The van der Waals surface area contributed by atoms with Gasteiger partial charge in [-0.1, -0.05) is 0 Å². The number of aromatic nitrogens is 4. The molecule has 1 radical (unpaired) electrons. The van der Waals surface area contributed by atoms with Gasteiger partial charge in [-0.15, -0.1) is 0 Å². The number of nitrogens with two attached hydrogens (primary N) is 1. The molecule has 0 spiro atoms. The van der Waals surface area contributed by atoms with E-state index in [9.17, 15) is 9.18 Å². The molecule has 0 unspecified atom stereocenters. The van der Waals surface area contributed by atoms with Gasteiger partial charge in [0, 0.05) is 23.5 Å². The quantitative estimate of drug-likeness (QED) is 0.525. The topological polar surface area (TPSA) is 113 Å². The normalized spacial score (nSPS) is 10.4. The Hall–Kier alpha value is -4.40. The molecule has 30 heavy (non-hydrogen) atoms. The Morgan fingerprint density at radius 1 is 0.900 bits per heavy atom. The zero-order chi connectivity index (χ0) is 20.9. The standard InChI is InChI=1S/C21H13FN5O3/c22-15-3-7-17(8-4-15)30-21-24-10-9-18(27-21)14-11-25-20(26-12-14)29-16-5-1-13(2-6-16)19(23)28/h1-11H,(H2,23,28). The second-order valence-electron chi connectivity index (χ2n) is 5.95. The summed E-state index contributed by atoms with van der Waals surface area (Å²) < 4.78 is 24.0. The zero-order valence-electron chi connectivity index (χ0n) is 15.3. The summed E-state index contributed by atoms with van der Waals surface area (Å²) in [5, 5.41) is 0. The number of primary amides is 1. The van der Waals surface area contributed by atoms with E-state index >= 15 is 0 Å². The number of amides is 1. The molecule has 0 aliphatic rings. The van der Waals surface area contributed by atoms with Crippen molar-refractivity contribution in [3.05, 3.63) is 84.6 Å². The van der Waals surface area contributed by atoms with Gasteiger partial charge in [-0.3, -0.25) is 4.79 Å². The first-order valence-corrected chi connectivity index (χ1v) is 8.66. The Morgan fingerprint density at radius 2 is 1.57 bits per heavy atom. The summed E-state index contributed by atoms with van der Waals surface area (Å²) >= 11 is 0. The van der Waals surface area contributed by atoms with Gasteiger partial charge in [-0.05, 0) is 54.6 Å². The van der Waals surface area contributed by atoms with Crippen molar-refractivity contribution in [3.8, 4) is 34.8 Å². The first-order chi connectivity index (χ1) is 14.6. The number of carbonyl (C=O) groups is 1. The number of hydrogen-bond donors (Lipinski definition) is 1. The first kappa shape index (κ1) is 18.9. The third kappa shape index (κ3) is 4.53. The van der Waals surface area contributed by atoms with Crippen LogP contribution in [0.25, 0.3) is 11.3 Å². The highest BCUT2D eigenvalue weighted by Crippen LogP contribution is 2.23. The Kier molecular flexibility index (Phi) is 5.25. The number of rotatable bonds is 6. The van der Waals surface area contributed by atoms with Crippen LogP contribution < -0.4 is 15.2 Å². The Bertz CT molecular complexity index is 1170. The predicted molar refractivity (Wildman–Crippen MR) is 103 cm³/mol. The van der Waals surface area contributed by atoms with E-state index in [-0.39, 0.29) is 17.8 Å². The lowest BCUT2D eigenvalue weighted by Gasteiger charge is -2.06. The predicted octanol–water partition coefficient (Wildman–Crippen LogP) is 3.56. The average molecular weight is 402 g/mol. The van der Waals surface area contributed by atoms with Crippen LogP contribution in [-0.2, 0) is 0 Å². The Labute approximate surface area is 170 Å². The van der Waals surface area contributed by atoms with E-state index in [1.807, 2.05) is 0 Å². The van der Waals surface area contributed by atoms with E-state index in [4.69, 9.17) is 15.2 Å². The molecule has 147 valence electrons. The van der Waals surface area contributed by atoms with Gasteiger partial charge in [0.05, 0.1) is 5.69 Å². The first-order valence-electron chi connectivity index (χ1n) is 8.66. The zero-order valence-corrected chi connectivity index (χ0v) is 15.3. The maximum absolute atomic E-state index is 13.0. The van der Waals surface area contributed by atoms with Gasteiger partial charge in [-0.2, -0.15) is 9.97 Å². The highest BCUT2D eigenvalue weighted by molar-refractivity contribution is 5.92. The molecule has 0 aliphatic carbocycles. The third-order valence-electron chi connectivity index (χ3n) is 3.86. The van der Waals surface area contributed by atoms with Crippen LogP contribution in [0.5, 0.6) is 23.5 Å². The summed E-state index contributed by atoms with van der Waals surface area (Å²) in [4.78, 5) is 27.6. The number of nitrogens with zero attached hydrogens (tertiary/aromatic N) is 4. The van der Waals surface area contributed by atoms with Gasteiger partial charge in [0.1, 0.15) is 23.5 Å². The van der Waals surface area contributed by atoms with Crippen molar-refractivity contribution in [1.29, 1.82) is 0 Å². The lowest BCUT2D eigenvalue weighted by molar-refractivity contribution is 0.100. The van der Waals surface area contributed by atoms with Crippen LogP contribution in [-0.4, -0.2) is 25.8 Å². The third-order valence-corrected chi connectivity index (χ3v) is 3.86. The van der Waals surface area contributed by atoms with Crippen LogP contribution in [0, 0.1) is 12.0 Å². The number of benzene rings is 2. The summed E-state index contributed by atoms with van der Waals surface area (Å²) in [6, 6.07) is 13.6. The van der Waals surface area contributed by atoms with E-state index in [0.717, 1.165) is 0 Å². The minimum Gasteiger partial charge on any atom is -0.424 e. The molecule has 0 saturated carbocycles. The largest absolute Gasteiger partial charge is 0.424 e. The second kappa shape index (κ2) is 8.31. The lowest BCUT2D eigenvalue weighted by Crippen LogP contribution is -2.10. The molecule has 0 atom stereocenters. The number of halogens is 1. The molecule has 2 aromatic carbocycles. The molecule has 9 heteroatoms. The van der Waals surface area contributed by atoms with Gasteiger partial charge >= 0.3 is 12.0 Å². The van der Waals surface area contributed by atoms with Crippen LogP contribution in [0.4, 0.5) is 4.39 Å². The van der Waals surface area contributed by atoms with Gasteiger partial charge < -0.3 is 15.2 Å². The van der Waals surface area contributed by atoms with Crippen molar-refractivity contribution >= 4 is 5.91 Å². The molecule has 4 rings (SSSR count). The van der Waals surface area contributed by atoms with E-state index in [1.54, 1.807) is 30.3 Å². The molecular weight excluding hydrogens is 389 g/mol. The van der Waals surface area contributed by atoms with Crippen LogP contribution in [0.1, 0.15) is 10.4 Å². The van der Waals surface area contributed by atoms with E-state index < -0.39 is 5.91 Å². The molecule has 2 heterocycles. The SMILES string of the molecule is NC(=O)c1ccc(Oc2n[c]c(-c3ccnc(Oc4ccc(F)cc4)n3)cn2)cc1. The monoisotopic (exact) mass is 402 g/mol. The van der Waals surface area contributed by atoms with Crippen molar-refractivity contribution < 1.29 is 18.7 Å². The molecule has 2 N–H and O–H groups in total. The van der Waals surface area contributed by atoms with Gasteiger partial charge in [0.25, 0.3) is 0 Å². The summed E-state index contributed by atoms with van der Waals surface area (Å²) in [5.41, 5.74) is 6.56. The Balaban J connectivity index is 1.47. The van der Waals surface area contributed by atoms with Gasteiger partial charge in [-0.25, -0.2) is 14.4 Å². The van der Waals surface area contributed by atoms with E-state index in [0.29, 0.717) is 28.3 Å². The fraction of sp³-hybridized carbons (Fsp3) is 0. The van der Waals surface area contributed by atoms with E-state index in [1.165, 1.54) is 36.7 Å². The summed E-state index contributed by atoms with van der Waals surface area (Å²) in [6.45, 7) is 0. The molecule has 1 amide bonds. The van der Waals surface area contributed by atoms with Gasteiger partial charge in [0.2, 0.25) is 5.91 Å². The summed E-state index contributed by atoms with van der Waals surface area (Å²) in [6.07, 6.45) is 5.80. The summed E-state index contributed by atoms with van der Waals surface area (Å²) in [7, 11) is 0. The maximum atomic E-state index is 13.0. The molecule has 2 aromatic heterocycles. The highest BCUT2D eigenvalue weighted by atomic mass is 19.1. The molecule has 0 saturated heterocycles. The fourth-order valence-corrected chi connectivity index (χ4v) is 2.40. The molecule has 0 bridgehead atoms. The minimum absolute atomic E-state index is 0.0717. The molecular formula is C21H13FN5O3. The van der Waals surface area contributed by atoms with Gasteiger partial charge in [0.15, 0.2) is 0 Å². The fourth-order valence-electron chi connectivity index (χ4n) is 2.40. The highest BCUT2D eigenvalue weighted by Gasteiger charge is 2.08. The van der Waals surface area contributed by atoms with Crippen LogP contribution in [0.3, 0.4) is 0 Å². The molecule has 0 fully saturated rings. The number of hydrogen-bond acceptors (Lipinski definition) is 7. The van der Waals surface area contributed by atoms with E-state index in [2.05, 4.69) is 26.1 Å². The smallest absolute Gasteiger partial charge is 0.322 e. The van der Waals surface area contributed by atoms with Crippen LogP contribution in [0.15, 0.2) is 67.0 Å². The maximum Gasteiger partial charge on any atom is 0.322 e. The number of ether oxygens (including phenoxy) is 2. The van der Waals surface area contributed by atoms with Crippen molar-refractivity contribution in [3.63, 3.8) is 0 Å². The van der Waals surface area contributed by atoms with Crippen molar-refractivity contribution in [2.45, 2.75) is 0 Å². The van der Waals surface area contributed by atoms with Crippen LogP contribution >= 0.6 is 0 Å². The van der Waals surface area contributed by atoms with Crippen molar-refractivity contribution in [2.24, 2.45) is 5.73 Å². The van der Waals surface area contributed by atoms with Crippen molar-refractivity contribution in [2.75, 3.05) is 0 Å². The molecule has 8 nitrogen and oxygen atoms in total.